The highest BCUT2D eigenvalue weighted by molar-refractivity contribution is 7.91. The molecule has 0 radical (unpaired) electrons. The van der Waals surface area contributed by atoms with Crippen LogP contribution in [0, 0.1) is 24.0 Å². The van der Waals surface area contributed by atoms with Crippen molar-refractivity contribution < 1.29 is 18.1 Å². The van der Waals surface area contributed by atoms with Crippen molar-refractivity contribution in [1.29, 1.82) is 0 Å². The Morgan fingerprint density at radius 3 is 2.52 bits per heavy atom. The van der Waals surface area contributed by atoms with E-state index < -0.39 is 20.6 Å². The average Bonchev–Trinajstić information content (AvgIpc) is 2.31. The van der Waals surface area contributed by atoms with Crippen LogP contribution < -0.4 is 4.74 Å². The SMILES string of the molecule is Cc1c(S(=O)(=O)C[N+](=O)[O-])cc2c(c1C)OC(C)(C)CC2. The van der Waals surface area contributed by atoms with Gasteiger partial charge in [-0.15, -0.1) is 0 Å². The lowest BCUT2D eigenvalue weighted by Crippen LogP contribution is -2.33. The van der Waals surface area contributed by atoms with Gasteiger partial charge in [0.1, 0.15) is 11.4 Å². The van der Waals surface area contributed by atoms with Gasteiger partial charge in [-0.3, -0.25) is 10.1 Å². The molecule has 116 valence electrons. The molecule has 1 aliphatic heterocycles. The molecule has 0 spiro atoms. The predicted octanol–water partition coefficient (Wildman–Crippen LogP) is 2.41. The molecule has 0 bridgehead atoms. The number of aryl methyl sites for hydroxylation is 1. The van der Waals surface area contributed by atoms with E-state index in [-0.39, 0.29) is 10.5 Å². The Bertz CT molecular complexity index is 707. The molecule has 0 amide bonds. The Hall–Kier alpha value is -1.63. The summed E-state index contributed by atoms with van der Waals surface area (Å²) in [6, 6.07) is 1.53. The van der Waals surface area contributed by atoms with Gasteiger partial charge >= 0.3 is 5.88 Å². The zero-order chi connectivity index (χ0) is 16.0. The predicted molar refractivity (Wildman–Crippen MR) is 78.0 cm³/mol. The molecule has 0 atom stereocenters. The molecule has 1 aromatic rings. The van der Waals surface area contributed by atoms with Crippen molar-refractivity contribution in [2.24, 2.45) is 0 Å². The minimum atomic E-state index is -3.93. The zero-order valence-corrected chi connectivity index (χ0v) is 13.4. The van der Waals surface area contributed by atoms with E-state index in [2.05, 4.69) is 0 Å². The molecular weight excluding hydrogens is 294 g/mol. The number of hydrogen-bond donors (Lipinski definition) is 0. The lowest BCUT2D eigenvalue weighted by atomic mass is 9.91. The van der Waals surface area contributed by atoms with E-state index in [4.69, 9.17) is 4.74 Å². The van der Waals surface area contributed by atoms with Gasteiger partial charge in [-0.05, 0) is 63.3 Å². The summed E-state index contributed by atoms with van der Waals surface area (Å²) in [7, 11) is -3.93. The van der Waals surface area contributed by atoms with E-state index in [1.54, 1.807) is 13.8 Å². The molecule has 7 heteroatoms. The molecule has 1 aliphatic rings. The van der Waals surface area contributed by atoms with E-state index in [9.17, 15) is 18.5 Å². The van der Waals surface area contributed by atoms with Crippen LogP contribution in [-0.2, 0) is 16.3 Å². The first-order valence-electron chi connectivity index (χ1n) is 6.70. The van der Waals surface area contributed by atoms with E-state index >= 15 is 0 Å². The van der Waals surface area contributed by atoms with Gasteiger partial charge in [0.2, 0.25) is 9.84 Å². The van der Waals surface area contributed by atoms with Crippen LogP contribution in [-0.4, -0.2) is 24.8 Å². The second-order valence-corrected chi connectivity index (χ2v) is 7.98. The lowest BCUT2D eigenvalue weighted by molar-refractivity contribution is -0.458. The van der Waals surface area contributed by atoms with Crippen LogP contribution in [0.2, 0.25) is 0 Å². The summed E-state index contributed by atoms with van der Waals surface area (Å²) in [6.45, 7) is 7.43. The fourth-order valence-electron chi connectivity index (χ4n) is 2.55. The van der Waals surface area contributed by atoms with Crippen LogP contribution in [0.1, 0.15) is 37.0 Å². The third kappa shape index (κ3) is 3.02. The van der Waals surface area contributed by atoms with Crippen molar-refractivity contribution in [3.8, 4) is 5.75 Å². The number of fused-ring (bicyclic) bond motifs is 1. The monoisotopic (exact) mass is 313 g/mol. The molecular formula is C14H19NO5S. The summed E-state index contributed by atoms with van der Waals surface area (Å²) in [5.41, 5.74) is 1.78. The van der Waals surface area contributed by atoms with Crippen LogP contribution in [0.5, 0.6) is 5.75 Å². The number of hydrogen-bond acceptors (Lipinski definition) is 5. The van der Waals surface area contributed by atoms with Crippen molar-refractivity contribution in [3.05, 3.63) is 32.9 Å². The molecule has 6 nitrogen and oxygen atoms in total. The molecule has 0 aliphatic carbocycles. The van der Waals surface area contributed by atoms with Crippen LogP contribution in [0.4, 0.5) is 0 Å². The van der Waals surface area contributed by atoms with Crippen LogP contribution >= 0.6 is 0 Å². The summed E-state index contributed by atoms with van der Waals surface area (Å²) < 4.78 is 30.2. The van der Waals surface area contributed by atoms with Gasteiger partial charge in [0.15, 0.2) is 0 Å². The molecule has 1 heterocycles. The fourth-order valence-corrected chi connectivity index (χ4v) is 3.91. The fraction of sp³-hybridized carbons (Fsp3) is 0.571. The van der Waals surface area contributed by atoms with Gasteiger partial charge in [-0.2, -0.15) is 0 Å². The second-order valence-electron chi connectivity index (χ2n) is 6.05. The zero-order valence-electron chi connectivity index (χ0n) is 12.6. The standard InChI is InChI=1S/C14H19NO5S/c1-9-10(2)13-11(5-6-14(3,4)20-13)7-12(9)21(18,19)8-15(16)17/h7H,5-6,8H2,1-4H3. The number of ether oxygens (including phenoxy) is 1. The smallest absolute Gasteiger partial charge is 0.305 e. The Morgan fingerprint density at radius 2 is 1.95 bits per heavy atom. The minimum Gasteiger partial charge on any atom is -0.487 e. The van der Waals surface area contributed by atoms with Gasteiger partial charge in [-0.25, -0.2) is 8.42 Å². The largest absolute Gasteiger partial charge is 0.487 e. The first-order valence-corrected chi connectivity index (χ1v) is 8.35. The summed E-state index contributed by atoms with van der Waals surface area (Å²) in [6.07, 6.45) is 1.47. The molecule has 2 rings (SSSR count). The normalized spacial score (nSPS) is 17.0. The van der Waals surface area contributed by atoms with Crippen LogP contribution in [0.25, 0.3) is 0 Å². The summed E-state index contributed by atoms with van der Waals surface area (Å²) >= 11 is 0. The van der Waals surface area contributed by atoms with Crippen LogP contribution in [0.15, 0.2) is 11.0 Å². The average molecular weight is 313 g/mol. The quantitative estimate of drug-likeness (QED) is 0.632. The summed E-state index contributed by atoms with van der Waals surface area (Å²) in [5.74, 6) is -0.373. The van der Waals surface area contributed by atoms with Crippen molar-refractivity contribution >= 4 is 9.84 Å². The van der Waals surface area contributed by atoms with E-state index in [0.29, 0.717) is 17.7 Å². The lowest BCUT2D eigenvalue weighted by Gasteiger charge is -2.34. The molecule has 0 saturated heterocycles. The molecule has 0 saturated carbocycles. The second kappa shape index (κ2) is 4.98. The maximum atomic E-state index is 12.1. The first kappa shape index (κ1) is 15.8. The molecule has 0 aromatic heterocycles. The topological polar surface area (TPSA) is 86.5 Å². The van der Waals surface area contributed by atoms with Crippen molar-refractivity contribution in [2.75, 3.05) is 5.88 Å². The van der Waals surface area contributed by atoms with Crippen LogP contribution in [0.3, 0.4) is 0 Å². The van der Waals surface area contributed by atoms with Crippen molar-refractivity contribution in [3.63, 3.8) is 0 Å². The molecule has 0 N–H and O–H groups in total. The highest BCUT2D eigenvalue weighted by Gasteiger charge is 2.32. The third-order valence-corrected chi connectivity index (χ3v) is 5.50. The van der Waals surface area contributed by atoms with Crippen molar-refractivity contribution in [1.82, 2.24) is 0 Å². The van der Waals surface area contributed by atoms with Gasteiger partial charge in [-0.1, -0.05) is 0 Å². The molecule has 21 heavy (non-hydrogen) atoms. The number of rotatable bonds is 3. The van der Waals surface area contributed by atoms with E-state index in [0.717, 1.165) is 17.5 Å². The Morgan fingerprint density at radius 1 is 1.33 bits per heavy atom. The number of sulfone groups is 1. The maximum Gasteiger partial charge on any atom is 0.305 e. The molecule has 0 unspecified atom stereocenters. The van der Waals surface area contributed by atoms with Gasteiger partial charge < -0.3 is 4.74 Å². The Balaban J connectivity index is 2.58. The first-order chi connectivity index (χ1) is 9.53. The van der Waals surface area contributed by atoms with Crippen molar-refractivity contribution in [2.45, 2.75) is 51.0 Å². The maximum absolute atomic E-state index is 12.1. The number of nitro groups is 1. The summed E-state index contributed by atoms with van der Waals surface area (Å²) in [4.78, 5) is 9.78. The van der Waals surface area contributed by atoms with Gasteiger partial charge in [0.05, 0.1) is 4.90 Å². The number of nitrogens with zero attached hydrogens (tertiary/aromatic N) is 1. The van der Waals surface area contributed by atoms with E-state index in [1.165, 1.54) is 6.07 Å². The summed E-state index contributed by atoms with van der Waals surface area (Å²) in [5, 5.41) is 10.6. The Labute approximate surface area is 124 Å². The highest BCUT2D eigenvalue weighted by atomic mass is 32.2. The Kier molecular flexibility index (Phi) is 3.73. The number of benzene rings is 1. The third-order valence-electron chi connectivity index (χ3n) is 3.85. The van der Waals surface area contributed by atoms with Gasteiger partial charge in [0, 0.05) is 4.92 Å². The molecule has 0 fully saturated rings. The van der Waals surface area contributed by atoms with E-state index in [1.807, 2.05) is 13.8 Å². The highest BCUT2D eigenvalue weighted by Crippen LogP contribution is 2.39. The molecule has 1 aromatic carbocycles. The minimum absolute atomic E-state index is 0.0405. The van der Waals surface area contributed by atoms with Gasteiger partial charge in [0.25, 0.3) is 0 Å².